The molecule has 0 aliphatic carbocycles. The number of hydrogen-bond donors (Lipinski definition) is 2. The summed E-state index contributed by atoms with van der Waals surface area (Å²) in [7, 11) is 0. The van der Waals surface area contributed by atoms with Gasteiger partial charge in [-0.2, -0.15) is 5.10 Å². The van der Waals surface area contributed by atoms with Crippen molar-refractivity contribution in [3.8, 4) is 5.69 Å². The summed E-state index contributed by atoms with van der Waals surface area (Å²) >= 11 is 0. The number of aromatic nitrogens is 2. The number of carbonyl (C=O) groups is 1. The second-order valence-corrected chi connectivity index (χ2v) is 3.59. The van der Waals surface area contributed by atoms with E-state index in [0.717, 1.165) is 5.69 Å². The lowest BCUT2D eigenvalue weighted by Gasteiger charge is -2.03. The zero-order valence-electron chi connectivity index (χ0n) is 9.52. The molecule has 2 N–H and O–H groups in total. The molecular weight excluding hydrogens is 232 g/mol. The lowest BCUT2D eigenvalue weighted by molar-refractivity contribution is 0.0690. The first kappa shape index (κ1) is 12.1. The third kappa shape index (κ3) is 2.46. The van der Waals surface area contributed by atoms with Crippen molar-refractivity contribution in [1.82, 2.24) is 9.78 Å². The van der Waals surface area contributed by atoms with Gasteiger partial charge in [0, 0.05) is 0 Å². The summed E-state index contributed by atoms with van der Waals surface area (Å²) in [6.07, 6.45) is 3.16. The molecule has 0 unspecified atom stereocenters. The zero-order valence-corrected chi connectivity index (χ0v) is 9.52. The average Bonchev–Trinajstić information content (AvgIpc) is 2.81. The van der Waals surface area contributed by atoms with Gasteiger partial charge in [0.05, 0.1) is 18.0 Å². The van der Waals surface area contributed by atoms with Gasteiger partial charge in [0.15, 0.2) is 5.69 Å². The summed E-state index contributed by atoms with van der Waals surface area (Å²) in [6, 6.07) is 10.7. The van der Waals surface area contributed by atoms with Gasteiger partial charge in [-0.15, -0.1) is 0 Å². The molecule has 0 atom stereocenters. The van der Waals surface area contributed by atoms with Gasteiger partial charge in [-0.05, 0) is 24.3 Å². The van der Waals surface area contributed by atoms with Gasteiger partial charge in [-0.25, -0.2) is 9.48 Å². The molecule has 2 aromatic rings. The maximum atomic E-state index is 10.9. The fraction of sp³-hybridized carbons (Fsp3) is 0.0769. The van der Waals surface area contributed by atoms with Crippen LogP contribution in [0.4, 0.5) is 0 Å². The van der Waals surface area contributed by atoms with Crippen LogP contribution < -0.4 is 0 Å². The highest BCUT2D eigenvalue weighted by Crippen LogP contribution is 2.14. The normalized spacial score (nSPS) is 10.9. The van der Waals surface area contributed by atoms with Gasteiger partial charge in [0.1, 0.15) is 0 Å². The van der Waals surface area contributed by atoms with Crippen LogP contribution in [0.3, 0.4) is 0 Å². The van der Waals surface area contributed by atoms with Gasteiger partial charge in [-0.1, -0.05) is 24.3 Å². The number of benzene rings is 1. The highest BCUT2D eigenvalue weighted by molar-refractivity contribution is 5.86. The van der Waals surface area contributed by atoms with Crippen LogP contribution in [0.2, 0.25) is 0 Å². The minimum atomic E-state index is -1.08. The standard InChI is InChI=1S/C13H12N2O3/c16-8-4-7-11-9-12(13(17)18)14-15(11)10-5-2-1-3-6-10/h1-7,9,16H,8H2,(H,17,18)/b7-4+. The lowest BCUT2D eigenvalue weighted by atomic mass is 10.3. The second kappa shape index (κ2) is 5.29. The average molecular weight is 244 g/mol. The van der Waals surface area contributed by atoms with Crippen molar-refractivity contribution in [1.29, 1.82) is 0 Å². The van der Waals surface area contributed by atoms with E-state index in [4.69, 9.17) is 10.2 Å². The first-order chi connectivity index (χ1) is 8.72. The predicted octanol–water partition coefficient (Wildman–Crippen LogP) is 1.58. The zero-order chi connectivity index (χ0) is 13.0. The van der Waals surface area contributed by atoms with Crippen LogP contribution in [-0.2, 0) is 0 Å². The topological polar surface area (TPSA) is 75.3 Å². The molecule has 0 spiro atoms. The summed E-state index contributed by atoms with van der Waals surface area (Å²) in [5, 5.41) is 21.7. The SMILES string of the molecule is O=C(O)c1cc(/C=C/CO)n(-c2ccccc2)n1. The number of aliphatic hydroxyl groups is 1. The maximum absolute atomic E-state index is 10.9. The molecule has 0 bridgehead atoms. The summed E-state index contributed by atoms with van der Waals surface area (Å²) < 4.78 is 1.52. The van der Waals surface area contributed by atoms with E-state index in [1.807, 2.05) is 30.3 Å². The van der Waals surface area contributed by atoms with Gasteiger partial charge >= 0.3 is 5.97 Å². The Morgan fingerprint density at radius 3 is 2.67 bits per heavy atom. The fourth-order valence-corrected chi connectivity index (χ4v) is 1.57. The Balaban J connectivity index is 2.51. The molecule has 1 aromatic heterocycles. The fourth-order valence-electron chi connectivity index (χ4n) is 1.57. The molecule has 0 saturated carbocycles. The van der Waals surface area contributed by atoms with E-state index in [0.29, 0.717) is 5.69 Å². The van der Waals surface area contributed by atoms with E-state index >= 15 is 0 Å². The largest absolute Gasteiger partial charge is 0.476 e. The molecule has 0 aliphatic rings. The van der Waals surface area contributed by atoms with Crippen molar-refractivity contribution in [3.05, 3.63) is 53.9 Å². The van der Waals surface area contributed by atoms with Crippen LogP contribution in [0.1, 0.15) is 16.2 Å². The van der Waals surface area contributed by atoms with Crippen molar-refractivity contribution >= 4 is 12.0 Å². The van der Waals surface area contributed by atoms with E-state index in [1.54, 1.807) is 6.08 Å². The first-order valence-electron chi connectivity index (χ1n) is 5.38. The van der Waals surface area contributed by atoms with Crippen molar-refractivity contribution < 1.29 is 15.0 Å². The Hall–Kier alpha value is -2.40. The summed E-state index contributed by atoms with van der Waals surface area (Å²) in [4.78, 5) is 10.9. The van der Waals surface area contributed by atoms with E-state index < -0.39 is 5.97 Å². The van der Waals surface area contributed by atoms with Crippen LogP contribution in [0.15, 0.2) is 42.5 Å². The van der Waals surface area contributed by atoms with Crippen LogP contribution >= 0.6 is 0 Å². The highest BCUT2D eigenvalue weighted by Gasteiger charge is 2.12. The van der Waals surface area contributed by atoms with E-state index in [2.05, 4.69) is 5.10 Å². The van der Waals surface area contributed by atoms with E-state index in [9.17, 15) is 4.79 Å². The van der Waals surface area contributed by atoms with Crippen molar-refractivity contribution in [2.24, 2.45) is 0 Å². The monoisotopic (exact) mass is 244 g/mol. The summed E-state index contributed by atoms with van der Waals surface area (Å²) in [6.45, 7) is -0.109. The second-order valence-electron chi connectivity index (χ2n) is 3.59. The quantitative estimate of drug-likeness (QED) is 0.856. The Bertz CT molecular complexity index is 573. The summed E-state index contributed by atoms with van der Waals surface area (Å²) in [5.74, 6) is -1.08. The van der Waals surface area contributed by atoms with Crippen LogP contribution in [0.25, 0.3) is 11.8 Å². The van der Waals surface area contributed by atoms with Gasteiger partial charge in [0.25, 0.3) is 0 Å². The molecule has 92 valence electrons. The molecule has 1 aromatic carbocycles. The predicted molar refractivity (Wildman–Crippen MR) is 66.6 cm³/mol. The molecule has 18 heavy (non-hydrogen) atoms. The molecule has 5 heteroatoms. The number of aromatic carboxylic acids is 1. The number of rotatable bonds is 4. The molecule has 0 saturated heterocycles. The smallest absolute Gasteiger partial charge is 0.356 e. The van der Waals surface area contributed by atoms with Gasteiger partial charge < -0.3 is 10.2 Å². The minimum Gasteiger partial charge on any atom is -0.476 e. The first-order valence-corrected chi connectivity index (χ1v) is 5.38. The Kier molecular flexibility index (Phi) is 3.54. The van der Waals surface area contributed by atoms with Crippen LogP contribution in [0.5, 0.6) is 0 Å². The van der Waals surface area contributed by atoms with Crippen LogP contribution in [-0.4, -0.2) is 32.6 Å². The van der Waals surface area contributed by atoms with E-state index in [1.165, 1.54) is 16.8 Å². The van der Waals surface area contributed by atoms with Gasteiger partial charge in [0.2, 0.25) is 0 Å². The molecule has 0 fully saturated rings. The third-order valence-electron chi connectivity index (χ3n) is 2.35. The van der Waals surface area contributed by atoms with Crippen molar-refractivity contribution in [2.45, 2.75) is 0 Å². The summed E-state index contributed by atoms with van der Waals surface area (Å²) in [5.41, 5.74) is 1.34. The Morgan fingerprint density at radius 2 is 2.06 bits per heavy atom. The number of para-hydroxylation sites is 1. The number of carboxylic acid groups (broad SMARTS) is 1. The van der Waals surface area contributed by atoms with Crippen LogP contribution in [0, 0.1) is 0 Å². The lowest BCUT2D eigenvalue weighted by Crippen LogP contribution is -2.02. The molecule has 0 aliphatic heterocycles. The minimum absolute atomic E-state index is 0.0311. The Labute approximate surface area is 104 Å². The highest BCUT2D eigenvalue weighted by atomic mass is 16.4. The number of carboxylic acids is 1. The number of nitrogens with zero attached hydrogens (tertiary/aromatic N) is 2. The van der Waals surface area contributed by atoms with Gasteiger partial charge in [-0.3, -0.25) is 0 Å². The molecule has 2 rings (SSSR count). The molecule has 1 heterocycles. The molecule has 0 radical (unpaired) electrons. The molecule has 0 amide bonds. The van der Waals surface area contributed by atoms with E-state index in [-0.39, 0.29) is 12.3 Å². The van der Waals surface area contributed by atoms with Crippen molar-refractivity contribution in [2.75, 3.05) is 6.61 Å². The molecule has 5 nitrogen and oxygen atoms in total. The number of hydrogen-bond acceptors (Lipinski definition) is 3. The number of aliphatic hydroxyl groups excluding tert-OH is 1. The third-order valence-corrected chi connectivity index (χ3v) is 2.35. The molecular formula is C13H12N2O3. The van der Waals surface area contributed by atoms with Crippen molar-refractivity contribution in [3.63, 3.8) is 0 Å². The maximum Gasteiger partial charge on any atom is 0.356 e. The Morgan fingerprint density at radius 1 is 1.33 bits per heavy atom.